The number of aromatic carboxylic acids is 1. The summed E-state index contributed by atoms with van der Waals surface area (Å²) in [6.45, 7) is 0. The summed E-state index contributed by atoms with van der Waals surface area (Å²) >= 11 is 0. The van der Waals surface area contributed by atoms with Crippen LogP contribution in [0.5, 0.6) is 0 Å². The summed E-state index contributed by atoms with van der Waals surface area (Å²) in [7, 11) is 0. The van der Waals surface area contributed by atoms with Gasteiger partial charge in [-0.05, 0) is 41.5 Å². The minimum absolute atomic E-state index is 0. The monoisotopic (exact) mass is 451 g/mol. The summed E-state index contributed by atoms with van der Waals surface area (Å²) in [5.74, 6) is -4.62. The largest absolute Gasteiger partial charge is 0.478 e. The van der Waals surface area contributed by atoms with E-state index in [2.05, 4.69) is 16.2 Å². The number of carboxylic acids is 1. The summed E-state index contributed by atoms with van der Waals surface area (Å²) in [6.07, 6.45) is 5.87. The van der Waals surface area contributed by atoms with Crippen molar-refractivity contribution in [3.8, 4) is 12.3 Å². The van der Waals surface area contributed by atoms with Gasteiger partial charge in [0, 0.05) is 18.2 Å². The number of rotatable bonds is 5. The number of hydrogen-bond donors (Lipinski definition) is 3. The van der Waals surface area contributed by atoms with E-state index in [4.69, 9.17) is 12.2 Å². The van der Waals surface area contributed by atoms with E-state index in [0.29, 0.717) is 0 Å². The maximum absolute atomic E-state index is 14.7. The van der Waals surface area contributed by atoms with Crippen molar-refractivity contribution in [2.24, 2.45) is 0 Å². The van der Waals surface area contributed by atoms with E-state index in [1.807, 2.05) is 0 Å². The molecule has 0 saturated carbocycles. The van der Waals surface area contributed by atoms with Crippen molar-refractivity contribution in [1.82, 2.24) is 4.98 Å². The van der Waals surface area contributed by atoms with Gasteiger partial charge in [0.25, 0.3) is 0 Å². The number of nitrogens with one attached hydrogen (secondary N) is 1. The second kappa shape index (κ2) is 9.36. The molecule has 4 N–H and O–H groups in total. The van der Waals surface area contributed by atoms with Gasteiger partial charge in [-0.1, -0.05) is 5.92 Å². The van der Waals surface area contributed by atoms with E-state index in [9.17, 15) is 27.5 Å². The lowest BCUT2D eigenvalue weighted by Crippen LogP contribution is -2.11. The van der Waals surface area contributed by atoms with Crippen LogP contribution >= 0.6 is 12.4 Å². The van der Waals surface area contributed by atoms with Crippen molar-refractivity contribution in [3.05, 3.63) is 82.1 Å². The maximum Gasteiger partial charge on any atom is 0.337 e. The average molecular weight is 452 g/mol. The van der Waals surface area contributed by atoms with Crippen LogP contribution < -0.4 is 11.1 Å². The Bertz CT molecular complexity index is 1210. The molecule has 0 radical (unpaired) electrons. The standard InChI is InChI=1S/C21H13F4N3O2.ClH/c1-2-10-3-4-15(14(22)7-10)28-19-13(21(29)30)9-12(16(23)18(19)25)8-11-5-6-27-20(26)17(11)24;/h1,3-7,9,28H,8H2,(H2,26,27)(H,29,30);1H. The third-order valence-electron chi connectivity index (χ3n) is 4.28. The molecule has 160 valence electrons. The molecule has 0 saturated heterocycles. The second-order valence-electron chi connectivity index (χ2n) is 6.20. The van der Waals surface area contributed by atoms with Crippen molar-refractivity contribution < 1.29 is 27.5 Å². The Morgan fingerprint density at radius 2 is 1.81 bits per heavy atom. The smallest absolute Gasteiger partial charge is 0.337 e. The van der Waals surface area contributed by atoms with Crippen molar-refractivity contribution in [2.45, 2.75) is 6.42 Å². The molecule has 5 nitrogen and oxygen atoms in total. The van der Waals surface area contributed by atoms with Crippen molar-refractivity contribution >= 4 is 35.6 Å². The van der Waals surface area contributed by atoms with E-state index in [0.717, 1.165) is 18.2 Å². The predicted molar refractivity (Wildman–Crippen MR) is 110 cm³/mol. The van der Waals surface area contributed by atoms with E-state index in [1.54, 1.807) is 0 Å². The number of carboxylic acid groups (broad SMARTS) is 1. The van der Waals surface area contributed by atoms with Gasteiger partial charge in [0.05, 0.1) is 16.9 Å². The number of aromatic nitrogens is 1. The molecule has 0 bridgehead atoms. The highest BCUT2D eigenvalue weighted by molar-refractivity contribution is 5.95. The zero-order valence-electron chi connectivity index (χ0n) is 15.5. The first-order valence-corrected chi connectivity index (χ1v) is 8.39. The Hall–Kier alpha value is -3.77. The van der Waals surface area contributed by atoms with Gasteiger partial charge in [0.2, 0.25) is 0 Å². The van der Waals surface area contributed by atoms with Gasteiger partial charge in [-0.15, -0.1) is 18.8 Å². The molecule has 3 rings (SSSR count). The third kappa shape index (κ3) is 4.70. The Kier molecular flexibility index (Phi) is 7.10. The van der Waals surface area contributed by atoms with Crippen LogP contribution in [-0.2, 0) is 6.42 Å². The Balaban J connectivity index is 0.00000341. The summed E-state index contributed by atoms with van der Waals surface area (Å²) in [6, 6.07) is 5.52. The van der Waals surface area contributed by atoms with Gasteiger partial charge in [-0.3, -0.25) is 0 Å². The lowest BCUT2D eigenvalue weighted by molar-refractivity contribution is 0.0697. The molecule has 0 fully saturated rings. The van der Waals surface area contributed by atoms with Crippen molar-refractivity contribution in [2.75, 3.05) is 11.1 Å². The number of hydrogen-bond acceptors (Lipinski definition) is 4. The highest BCUT2D eigenvalue weighted by Crippen LogP contribution is 2.31. The first-order valence-electron chi connectivity index (χ1n) is 8.39. The Labute approximate surface area is 180 Å². The number of carbonyl (C=O) groups is 1. The SMILES string of the molecule is C#Cc1ccc(Nc2c(C(=O)O)cc(Cc3ccnc(N)c3F)c(F)c2F)c(F)c1.Cl. The molecule has 0 unspecified atom stereocenters. The lowest BCUT2D eigenvalue weighted by atomic mass is 10.00. The third-order valence-corrected chi connectivity index (χ3v) is 4.28. The molecule has 0 aliphatic carbocycles. The van der Waals surface area contributed by atoms with Crippen molar-refractivity contribution in [1.29, 1.82) is 0 Å². The molecular formula is C21H14ClF4N3O2. The number of anilines is 3. The van der Waals surface area contributed by atoms with Gasteiger partial charge in [0.1, 0.15) is 5.82 Å². The van der Waals surface area contributed by atoms with Crippen LogP contribution in [-0.4, -0.2) is 16.1 Å². The summed E-state index contributed by atoms with van der Waals surface area (Å²) in [4.78, 5) is 15.2. The van der Waals surface area contributed by atoms with Crippen molar-refractivity contribution in [3.63, 3.8) is 0 Å². The first kappa shape index (κ1) is 23.5. The molecule has 0 atom stereocenters. The van der Waals surface area contributed by atoms with Crippen LogP contribution in [0.25, 0.3) is 0 Å². The first-order chi connectivity index (χ1) is 14.2. The zero-order chi connectivity index (χ0) is 22.0. The van der Waals surface area contributed by atoms with Gasteiger partial charge < -0.3 is 16.2 Å². The molecule has 0 aliphatic heterocycles. The van der Waals surface area contributed by atoms with E-state index in [1.165, 1.54) is 18.3 Å². The number of nitrogens with zero attached hydrogens (tertiary/aromatic N) is 1. The summed E-state index contributed by atoms with van der Waals surface area (Å²) in [5, 5.41) is 11.7. The van der Waals surface area contributed by atoms with E-state index < -0.39 is 58.3 Å². The minimum atomic E-state index is -1.60. The number of nitrogens with two attached hydrogens (primary N) is 1. The molecule has 31 heavy (non-hydrogen) atoms. The molecule has 0 spiro atoms. The fraction of sp³-hybridized carbons (Fsp3) is 0.0476. The normalized spacial score (nSPS) is 10.2. The Morgan fingerprint density at radius 1 is 1.10 bits per heavy atom. The fourth-order valence-electron chi connectivity index (χ4n) is 2.78. The van der Waals surface area contributed by atoms with E-state index >= 15 is 0 Å². The highest BCUT2D eigenvalue weighted by Gasteiger charge is 2.24. The van der Waals surface area contributed by atoms with Crippen LogP contribution in [0.15, 0.2) is 36.5 Å². The number of halogens is 5. The van der Waals surface area contributed by atoms with Gasteiger partial charge >= 0.3 is 5.97 Å². The number of pyridine rings is 1. The lowest BCUT2D eigenvalue weighted by Gasteiger charge is -2.15. The molecular weight excluding hydrogens is 438 g/mol. The van der Waals surface area contributed by atoms with Crippen LogP contribution in [0.2, 0.25) is 0 Å². The van der Waals surface area contributed by atoms with Crippen LogP contribution in [0.4, 0.5) is 34.8 Å². The number of terminal acetylenes is 1. The topological polar surface area (TPSA) is 88.2 Å². The maximum atomic E-state index is 14.7. The Morgan fingerprint density at radius 3 is 2.42 bits per heavy atom. The molecule has 1 aromatic heterocycles. The highest BCUT2D eigenvalue weighted by atomic mass is 35.5. The predicted octanol–water partition coefficient (Wildman–Crippen LogP) is 4.66. The summed E-state index contributed by atoms with van der Waals surface area (Å²) in [5.41, 5.74) is 3.26. The fourth-order valence-corrected chi connectivity index (χ4v) is 2.78. The van der Waals surface area contributed by atoms with Crippen LogP contribution in [0, 0.1) is 35.6 Å². The average Bonchev–Trinajstić information content (AvgIpc) is 2.71. The second-order valence-corrected chi connectivity index (χ2v) is 6.20. The molecule has 10 heteroatoms. The van der Waals surface area contributed by atoms with Gasteiger partial charge in [-0.2, -0.15) is 0 Å². The zero-order valence-corrected chi connectivity index (χ0v) is 16.4. The summed E-state index contributed by atoms with van der Waals surface area (Å²) < 4.78 is 57.6. The molecule has 0 amide bonds. The number of nitrogen functional groups attached to an aromatic ring is 1. The minimum Gasteiger partial charge on any atom is -0.478 e. The number of benzene rings is 2. The molecule has 3 aromatic rings. The molecule has 2 aromatic carbocycles. The molecule has 0 aliphatic rings. The van der Waals surface area contributed by atoms with Gasteiger partial charge in [0.15, 0.2) is 23.3 Å². The van der Waals surface area contributed by atoms with E-state index in [-0.39, 0.29) is 29.2 Å². The van der Waals surface area contributed by atoms with Crippen LogP contribution in [0.3, 0.4) is 0 Å². The molecule has 1 heterocycles. The van der Waals surface area contributed by atoms with Crippen LogP contribution in [0.1, 0.15) is 27.0 Å². The van der Waals surface area contributed by atoms with Gasteiger partial charge in [-0.25, -0.2) is 27.3 Å². The quantitative estimate of drug-likeness (QED) is 0.388.